The number of hydrogen-bond acceptors (Lipinski definition) is 9. The van der Waals surface area contributed by atoms with E-state index in [9.17, 15) is 32.3 Å². The second kappa shape index (κ2) is 15.8. The molecule has 17 heteroatoms. The van der Waals surface area contributed by atoms with Crippen LogP contribution in [-0.4, -0.2) is 99.0 Å². The third-order valence-electron chi connectivity index (χ3n) is 17.6. The Morgan fingerprint density at radius 1 is 0.884 bits per heavy atom. The molecule has 12 rings (SSSR count). The van der Waals surface area contributed by atoms with Gasteiger partial charge in [-0.2, -0.15) is 13.2 Å². The normalized spacial score (nSPS) is 27.6. The molecule has 3 aromatic carbocycles. The molecule has 8 aliphatic rings. The summed E-state index contributed by atoms with van der Waals surface area (Å²) in [5, 5.41) is 10.7. The molecule has 1 spiro atoms. The van der Waals surface area contributed by atoms with Crippen molar-refractivity contribution in [3.63, 3.8) is 0 Å². The van der Waals surface area contributed by atoms with Crippen molar-refractivity contribution in [3.8, 4) is 0 Å². The van der Waals surface area contributed by atoms with Crippen LogP contribution in [0.2, 0.25) is 0 Å². The molecule has 4 amide bonds. The van der Waals surface area contributed by atoms with E-state index in [4.69, 9.17) is 0 Å². The molecule has 2 bridgehead atoms. The topological polar surface area (TPSA) is 127 Å². The minimum absolute atomic E-state index is 0.000563. The average molecular weight is 948 g/mol. The van der Waals surface area contributed by atoms with Crippen LogP contribution in [0.4, 0.5) is 34.6 Å². The standard InChI is InChI=1S/C52H57F4N9O4/c1-29-18-51(19-29,20-43-59-57-28-60(43)3)32-5-4-6-33(14-32)64-24-38-37(48(64)68)16-34(17-40(38)52(54,55)56)62-26-50(27-62)11-9-31(10-12-50)21-61-22-36-15-35(61)23-63(36)42-13-30(2)45-39(46(42)53)25-65(49(45)69)41-7-8-44(66)58-47(41)67/h4-6,13-14,16-17,28-29,31,35-36,41H,7-12,15,18-27H2,1-3H3,(H,58,66,67)/t29-,35-,36-,41?,51-/m1/s1. The third kappa shape index (κ3) is 7.25. The zero-order valence-corrected chi connectivity index (χ0v) is 39.2. The summed E-state index contributed by atoms with van der Waals surface area (Å²) in [6, 6.07) is 12.1. The van der Waals surface area contributed by atoms with Gasteiger partial charge in [0.25, 0.3) is 11.8 Å². The summed E-state index contributed by atoms with van der Waals surface area (Å²) < 4.78 is 63.0. The molecule has 6 aliphatic heterocycles. The van der Waals surface area contributed by atoms with Crippen LogP contribution < -0.4 is 20.0 Å². The van der Waals surface area contributed by atoms with Gasteiger partial charge in [0.1, 0.15) is 18.2 Å². The first kappa shape index (κ1) is 44.4. The number of imide groups is 1. The summed E-state index contributed by atoms with van der Waals surface area (Å²) >= 11 is 0. The molecule has 69 heavy (non-hydrogen) atoms. The number of benzene rings is 3. The van der Waals surface area contributed by atoms with E-state index in [0.29, 0.717) is 71.6 Å². The molecule has 0 radical (unpaired) electrons. The van der Waals surface area contributed by atoms with Crippen LogP contribution in [0.15, 0.2) is 48.8 Å². The summed E-state index contributed by atoms with van der Waals surface area (Å²) in [6.45, 7) is 7.69. The smallest absolute Gasteiger partial charge is 0.370 e. The number of carbonyl (C=O) groups excluding carboxylic acids is 4. The molecule has 2 aliphatic carbocycles. The van der Waals surface area contributed by atoms with Crippen molar-refractivity contribution in [1.29, 1.82) is 0 Å². The van der Waals surface area contributed by atoms with E-state index >= 15 is 4.39 Å². The van der Waals surface area contributed by atoms with Crippen LogP contribution >= 0.6 is 0 Å². The number of piperidine rings is 1. The van der Waals surface area contributed by atoms with Crippen molar-refractivity contribution in [3.05, 3.63) is 99.4 Å². The molecule has 1 N–H and O–H groups in total. The summed E-state index contributed by atoms with van der Waals surface area (Å²) in [6.07, 6.45) is 4.98. The minimum Gasteiger partial charge on any atom is -0.370 e. The van der Waals surface area contributed by atoms with Crippen LogP contribution in [0, 0.1) is 30.0 Å². The Morgan fingerprint density at radius 3 is 2.35 bits per heavy atom. The zero-order valence-electron chi connectivity index (χ0n) is 39.2. The second-order valence-corrected chi connectivity index (χ2v) is 22.0. The predicted molar refractivity (Wildman–Crippen MR) is 248 cm³/mol. The molecule has 13 nitrogen and oxygen atoms in total. The Morgan fingerprint density at radius 2 is 1.67 bits per heavy atom. The number of halogens is 4. The maximum absolute atomic E-state index is 16.4. The molecule has 7 heterocycles. The molecule has 2 saturated carbocycles. The molecule has 362 valence electrons. The second-order valence-electron chi connectivity index (χ2n) is 22.0. The Kier molecular flexibility index (Phi) is 10.2. The van der Waals surface area contributed by atoms with Gasteiger partial charge in [0.2, 0.25) is 11.8 Å². The number of amides is 4. The highest BCUT2D eigenvalue weighted by molar-refractivity contribution is 6.11. The van der Waals surface area contributed by atoms with Crippen LogP contribution in [0.5, 0.6) is 0 Å². The van der Waals surface area contributed by atoms with Crippen molar-refractivity contribution >= 4 is 40.7 Å². The van der Waals surface area contributed by atoms with Gasteiger partial charge in [0.15, 0.2) is 5.82 Å². The average Bonchev–Trinajstić information content (AvgIpc) is 4.13. The Bertz CT molecular complexity index is 2820. The summed E-state index contributed by atoms with van der Waals surface area (Å²) in [4.78, 5) is 61.7. The van der Waals surface area contributed by atoms with Gasteiger partial charge >= 0.3 is 6.18 Å². The van der Waals surface area contributed by atoms with Crippen molar-refractivity contribution in [2.24, 2.45) is 24.3 Å². The number of nitrogens with zero attached hydrogens (tertiary/aromatic N) is 8. The molecule has 4 aromatic rings. The lowest BCUT2D eigenvalue weighted by molar-refractivity contribution is -0.138. The number of anilines is 3. The predicted octanol–water partition coefficient (Wildman–Crippen LogP) is 7.07. The highest BCUT2D eigenvalue weighted by atomic mass is 19.4. The number of hydrogen-bond donors (Lipinski definition) is 1. The molecule has 6 fully saturated rings. The zero-order chi connectivity index (χ0) is 47.9. The lowest BCUT2D eigenvalue weighted by atomic mass is 9.57. The lowest BCUT2D eigenvalue weighted by Crippen LogP contribution is -2.58. The Hall–Kier alpha value is -5.84. The van der Waals surface area contributed by atoms with Crippen LogP contribution in [0.3, 0.4) is 0 Å². The number of fused-ring (bicyclic) bond motifs is 4. The van der Waals surface area contributed by atoms with E-state index in [0.717, 1.165) is 69.4 Å². The quantitative estimate of drug-likeness (QED) is 0.139. The summed E-state index contributed by atoms with van der Waals surface area (Å²) in [7, 11) is 1.92. The van der Waals surface area contributed by atoms with E-state index in [2.05, 4.69) is 38.3 Å². The Balaban J connectivity index is 0.677. The highest BCUT2D eigenvalue weighted by Crippen LogP contribution is 2.52. The molecule has 3 atom stereocenters. The number of piperazine rings is 1. The SMILES string of the molecule is Cc1cc(N2C[C@H]3C[C@@H]2CN3CC2CCC3(CC2)CN(c2cc4c(c(C(F)(F)F)c2)CN(c2cccc([C@]5(Cc6nncn6C)C[C@@H](C)C5)c2)C4=O)C3)c(F)c2c1C(=O)N(C1CCC(=O)NC1=O)C2. The molecule has 1 aromatic heterocycles. The molecule has 1 unspecified atom stereocenters. The van der Waals surface area contributed by atoms with Gasteiger partial charge in [0, 0.05) is 98.0 Å². The molecule has 4 saturated heterocycles. The first-order valence-corrected chi connectivity index (χ1v) is 24.7. The maximum atomic E-state index is 16.4. The minimum atomic E-state index is -4.62. The summed E-state index contributed by atoms with van der Waals surface area (Å²) in [5.74, 6) is -0.183. The monoisotopic (exact) mass is 947 g/mol. The molecular weight excluding hydrogens is 891 g/mol. The van der Waals surface area contributed by atoms with Crippen molar-refractivity contribution in [1.82, 2.24) is 29.9 Å². The fraction of sp³-hybridized carbons (Fsp3) is 0.538. The lowest BCUT2D eigenvalue weighted by Gasteiger charge is -2.55. The van der Waals surface area contributed by atoms with Crippen molar-refractivity contribution < 1.29 is 36.7 Å². The number of carbonyl (C=O) groups is 4. The van der Waals surface area contributed by atoms with Gasteiger partial charge < -0.3 is 24.2 Å². The number of likely N-dealkylation sites (tertiary alicyclic amines) is 1. The van der Waals surface area contributed by atoms with E-state index in [1.165, 1.54) is 15.9 Å². The van der Waals surface area contributed by atoms with Gasteiger partial charge in [-0.25, -0.2) is 4.39 Å². The van der Waals surface area contributed by atoms with Crippen LogP contribution in [0.25, 0.3) is 0 Å². The van der Waals surface area contributed by atoms with Gasteiger partial charge in [-0.15, -0.1) is 10.2 Å². The Labute approximate surface area is 398 Å². The van der Waals surface area contributed by atoms with Crippen LogP contribution in [-0.2, 0) is 47.7 Å². The van der Waals surface area contributed by atoms with Crippen LogP contribution in [0.1, 0.15) is 119 Å². The number of rotatable bonds is 9. The van der Waals surface area contributed by atoms with E-state index < -0.39 is 35.4 Å². The van der Waals surface area contributed by atoms with Gasteiger partial charge in [-0.05, 0) is 117 Å². The maximum Gasteiger partial charge on any atom is 0.416 e. The fourth-order valence-electron chi connectivity index (χ4n) is 14.0. The van der Waals surface area contributed by atoms with Gasteiger partial charge in [-0.1, -0.05) is 19.1 Å². The van der Waals surface area contributed by atoms with E-state index in [-0.39, 0.29) is 71.8 Å². The number of alkyl halides is 3. The number of nitrogens with one attached hydrogen (secondary N) is 1. The first-order valence-electron chi connectivity index (χ1n) is 24.7. The number of aromatic nitrogens is 3. The van der Waals surface area contributed by atoms with E-state index in [1.54, 1.807) is 18.5 Å². The fourth-order valence-corrected chi connectivity index (χ4v) is 14.0. The van der Waals surface area contributed by atoms with Gasteiger partial charge in [0.05, 0.1) is 29.9 Å². The highest BCUT2D eigenvalue weighted by Gasteiger charge is 2.51. The largest absolute Gasteiger partial charge is 0.416 e. The molecular formula is C52H57F4N9O4. The van der Waals surface area contributed by atoms with Crippen molar-refractivity contribution in [2.45, 2.75) is 121 Å². The first-order chi connectivity index (χ1) is 33.0. The number of aryl methyl sites for hydroxylation is 2. The summed E-state index contributed by atoms with van der Waals surface area (Å²) in [5.41, 5.74) is 3.20. The van der Waals surface area contributed by atoms with Gasteiger partial charge in [-0.3, -0.25) is 29.4 Å². The van der Waals surface area contributed by atoms with Crippen molar-refractivity contribution in [2.75, 3.05) is 47.4 Å². The van der Waals surface area contributed by atoms with E-state index in [1.807, 2.05) is 41.6 Å². The third-order valence-corrected chi connectivity index (χ3v) is 17.6.